The molecule has 0 aromatic carbocycles. The summed E-state index contributed by atoms with van der Waals surface area (Å²) in [6, 6.07) is 6.15. The molecule has 2 saturated heterocycles. The van der Waals surface area contributed by atoms with Crippen molar-refractivity contribution in [1.29, 1.82) is 0 Å². The minimum Gasteiger partial charge on any atom is -0.338 e. The van der Waals surface area contributed by atoms with E-state index in [1.807, 2.05) is 17.5 Å². The smallest absolute Gasteiger partial charge is 0.263 e. The first-order valence-electron chi connectivity index (χ1n) is 8.80. The third kappa shape index (κ3) is 3.44. The van der Waals surface area contributed by atoms with Crippen molar-refractivity contribution in [2.75, 3.05) is 26.2 Å². The number of carbonyl (C=O) groups is 1. The van der Waals surface area contributed by atoms with Gasteiger partial charge >= 0.3 is 0 Å². The Morgan fingerprint density at radius 3 is 2.42 bits per heavy atom. The van der Waals surface area contributed by atoms with E-state index in [1.54, 1.807) is 22.7 Å². The standard InChI is InChI=1S/C19H24N2OS2/c22-18(17-2-1-12-24-17)21-10-6-19(7-11-21)4-8-20(9-5-19)14-16-3-13-23-15-16/h1-3,12-13,15H,4-11,14H2. The van der Waals surface area contributed by atoms with Crippen molar-refractivity contribution in [2.24, 2.45) is 5.41 Å². The molecule has 2 aliphatic rings. The molecule has 2 aromatic heterocycles. The van der Waals surface area contributed by atoms with Crippen LogP contribution in [0.4, 0.5) is 0 Å². The molecule has 4 rings (SSSR count). The van der Waals surface area contributed by atoms with E-state index >= 15 is 0 Å². The lowest BCUT2D eigenvalue weighted by Crippen LogP contribution is -2.48. The quantitative estimate of drug-likeness (QED) is 0.813. The summed E-state index contributed by atoms with van der Waals surface area (Å²) in [6.45, 7) is 5.37. The van der Waals surface area contributed by atoms with Crippen LogP contribution in [0.3, 0.4) is 0 Å². The zero-order valence-electron chi connectivity index (χ0n) is 13.9. The van der Waals surface area contributed by atoms with Crippen molar-refractivity contribution in [1.82, 2.24) is 9.80 Å². The van der Waals surface area contributed by atoms with E-state index in [2.05, 4.69) is 26.6 Å². The molecule has 1 amide bonds. The van der Waals surface area contributed by atoms with Gasteiger partial charge in [-0.15, -0.1) is 11.3 Å². The molecule has 5 heteroatoms. The van der Waals surface area contributed by atoms with Crippen LogP contribution in [-0.4, -0.2) is 41.9 Å². The maximum absolute atomic E-state index is 12.5. The molecule has 0 aliphatic carbocycles. The zero-order chi connectivity index (χ0) is 16.4. The number of likely N-dealkylation sites (tertiary alicyclic amines) is 2. The van der Waals surface area contributed by atoms with Gasteiger partial charge in [-0.2, -0.15) is 11.3 Å². The van der Waals surface area contributed by atoms with Gasteiger partial charge in [-0.05, 0) is 78.0 Å². The summed E-state index contributed by atoms with van der Waals surface area (Å²) in [4.78, 5) is 18.0. The Kier molecular flexibility index (Phi) is 4.74. The lowest BCUT2D eigenvalue weighted by atomic mass is 9.71. The SMILES string of the molecule is O=C(c1cccs1)N1CCC2(CCN(Cc3ccsc3)CC2)CC1. The van der Waals surface area contributed by atoms with Gasteiger partial charge in [0.05, 0.1) is 4.88 Å². The molecule has 0 unspecified atom stereocenters. The highest BCUT2D eigenvalue weighted by Gasteiger charge is 2.38. The summed E-state index contributed by atoms with van der Waals surface area (Å²) >= 11 is 3.34. The van der Waals surface area contributed by atoms with Gasteiger partial charge in [0.1, 0.15) is 0 Å². The Hall–Kier alpha value is -1.17. The van der Waals surface area contributed by atoms with Crippen LogP contribution in [0.1, 0.15) is 40.9 Å². The van der Waals surface area contributed by atoms with Crippen LogP contribution in [0, 0.1) is 5.41 Å². The van der Waals surface area contributed by atoms with Gasteiger partial charge in [-0.3, -0.25) is 9.69 Å². The molecule has 0 N–H and O–H groups in total. The Balaban J connectivity index is 1.29. The van der Waals surface area contributed by atoms with Crippen LogP contribution in [0.15, 0.2) is 34.3 Å². The number of nitrogens with zero attached hydrogens (tertiary/aromatic N) is 2. The number of hydrogen-bond acceptors (Lipinski definition) is 4. The Bertz CT molecular complexity index is 648. The Morgan fingerprint density at radius 2 is 1.79 bits per heavy atom. The monoisotopic (exact) mass is 360 g/mol. The summed E-state index contributed by atoms with van der Waals surface area (Å²) in [5.41, 5.74) is 1.93. The molecule has 2 fully saturated rings. The molecule has 0 bridgehead atoms. The second kappa shape index (κ2) is 6.98. The van der Waals surface area contributed by atoms with Crippen LogP contribution in [-0.2, 0) is 6.54 Å². The maximum atomic E-state index is 12.5. The fraction of sp³-hybridized carbons (Fsp3) is 0.526. The van der Waals surface area contributed by atoms with Crippen molar-refractivity contribution < 1.29 is 4.79 Å². The van der Waals surface area contributed by atoms with Gasteiger partial charge < -0.3 is 4.90 Å². The number of piperidine rings is 2. The highest BCUT2D eigenvalue weighted by Crippen LogP contribution is 2.41. The third-order valence-electron chi connectivity index (χ3n) is 5.75. The van der Waals surface area contributed by atoms with E-state index in [0.29, 0.717) is 5.41 Å². The van der Waals surface area contributed by atoms with Crippen LogP contribution >= 0.6 is 22.7 Å². The lowest BCUT2D eigenvalue weighted by molar-refractivity contribution is 0.0288. The molecule has 1 spiro atoms. The largest absolute Gasteiger partial charge is 0.338 e. The molecular weight excluding hydrogens is 336 g/mol. The minimum absolute atomic E-state index is 0.231. The first kappa shape index (κ1) is 16.3. The van der Waals surface area contributed by atoms with E-state index in [1.165, 1.54) is 44.3 Å². The summed E-state index contributed by atoms with van der Waals surface area (Å²) < 4.78 is 0. The van der Waals surface area contributed by atoms with Gasteiger partial charge in [0.15, 0.2) is 0 Å². The van der Waals surface area contributed by atoms with Crippen LogP contribution in [0.2, 0.25) is 0 Å². The normalized spacial score (nSPS) is 21.2. The van der Waals surface area contributed by atoms with Crippen molar-refractivity contribution in [3.63, 3.8) is 0 Å². The molecule has 0 saturated carbocycles. The molecular formula is C19H24N2OS2. The topological polar surface area (TPSA) is 23.6 Å². The fourth-order valence-electron chi connectivity index (χ4n) is 4.07. The predicted molar refractivity (Wildman–Crippen MR) is 101 cm³/mol. The average molecular weight is 361 g/mol. The van der Waals surface area contributed by atoms with Crippen molar-refractivity contribution >= 4 is 28.6 Å². The number of carbonyl (C=O) groups excluding carboxylic acids is 1. The first-order valence-corrected chi connectivity index (χ1v) is 10.6. The molecule has 24 heavy (non-hydrogen) atoms. The van der Waals surface area contributed by atoms with Gasteiger partial charge in [-0.1, -0.05) is 6.07 Å². The van der Waals surface area contributed by atoms with E-state index in [0.717, 1.165) is 24.5 Å². The summed E-state index contributed by atoms with van der Waals surface area (Å²) in [5.74, 6) is 0.231. The Morgan fingerprint density at radius 1 is 1.04 bits per heavy atom. The molecule has 2 aromatic rings. The number of rotatable bonds is 3. The summed E-state index contributed by atoms with van der Waals surface area (Å²) in [7, 11) is 0. The summed E-state index contributed by atoms with van der Waals surface area (Å²) in [5, 5.41) is 6.42. The summed E-state index contributed by atoms with van der Waals surface area (Å²) in [6.07, 6.45) is 4.93. The number of hydrogen-bond donors (Lipinski definition) is 0. The first-order chi connectivity index (χ1) is 11.7. The zero-order valence-corrected chi connectivity index (χ0v) is 15.6. The van der Waals surface area contributed by atoms with Crippen molar-refractivity contribution in [2.45, 2.75) is 32.2 Å². The number of thiophene rings is 2. The highest BCUT2D eigenvalue weighted by molar-refractivity contribution is 7.12. The van der Waals surface area contributed by atoms with E-state index in [9.17, 15) is 4.79 Å². The van der Waals surface area contributed by atoms with E-state index in [4.69, 9.17) is 0 Å². The Labute approximate surface area is 151 Å². The van der Waals surface area contributed by atoms with Crippen LogP contribution in [0.25, 0.3) is 0 Å². The van der Waals surface area contributed by atoms with E-state index < -0.39 is 0 Å². The molecule has 0 radical (unpaired) electrons. The molecule has 3 nitrogen and oxygen atoms in total. The van der Waals surface area contributed by atoms with Gasteiger partial charge in [0.25, 0.3) is 5.91 Å². The molecule has 2 aliphatic heterocycles. The second-order valence-corrected chi connectivity index (χ2v) is 8.90. The minimum atomic E-state index is 0.231. The molecule has 0 atom stereocenters. The predicted octanol–water partition coefficient (Wildman–Crippen LogP) is 4.33. The van der Waals surface area contributed by atoms with Gasteiger partial charge in [-0.25, -0.2) is 0 Å². The third-order valence-corrected chi connectivity index (χ3v) is 7.34. The van der Waals surface area contributed by atoms with E-state index in [-0.39, 0.29) is 5.91 Å². The number of amides is 1. The van der Waals surface area contributed by atoms with Crippen molar-refractivity contribution in [3.05, 3.63) is 44.8 Å². The highest BCUT2D eigenvalue weighted by atomic mass is 32.1. The van der Waals surface area contributed by atoms with Crippen LogP contribution in [0.5, 0.6) is 0 Å². The molecule has 4 heterocycles. The lowest BCUT2D eigenvalue weighted by Gasteiger charge is -2.46. The molecule has 128 valence electrons. The van der Waals surface area contributed by atoms with Gasteiger partial charge in [0.2, 0.25) is 0 Å². The van der Waals surface area contributed by atoms with Crippen molar-refractivity contribution in [3.8, 4) is 0 Å². The maximum Gasteiger partial charge on any atom is 0.263 e. The average Bonchev–Trinajstić information content (AvgIpc) is 3.31. The van der Waals surface area contributed by atoms with Crippen LogP contribution < -0.4 is 0 Å². The van der Waals surface area contributed by atoms with Gasteiger partial charge in [0, 0.05) is 19.6 Å². The second-order valence-electron chi connectivity index (χ2n) is 7.18. The fourth-order valence-corrected chi connectivity index (χ4v) is 5.42.